The fraction of sp³-hybridized carbons (Fsp3) is 0.462. The molecule has 1 saturated heterocycles. The molecule has 1 aliphatic rings. The molecular formula is C13H18N3O3+. The maximum absolute atomic E-state index is 11.2. The van der Waals surface area contributed by atoms with Crippen LogP contribution in [0.4, 0.5) is 5.69 Å². The average molecular weight is 264 g/mol. The number of likely N-dealkylation sites (tertiary alicyclic amines) is 1. The fourth-order valence-corrected chi connectivity index (χ4v) is 2.62. The number of nitrogens with two attached hydrogens (primary N) is 1. The van der Waals surface area contributed by atoms with Crippen molar-refractivity contribution in [3.05, 3.63) is 39.9 Å². The van der Waals surface area contributed by atoms with Crippen LogP contribution in [0, 0.1) is 16.0 Å². The first-order valence-electron chi connectivity index (χ1n) is 6.42. The summed E-state index contributed by atoms with van der Waals surface area (Å²) in [6.45, 7) is 2.40. The van der Waals surface area contributed by atoms with Crippen molar-refractivity contribution in [1.82, 2.24) is 0 Å². The van der Waals surface area contributed by atoms with Crippen molar-refractivity contribution in [2.45, 2.75) is 19.4 Å². The highest BCUT2D eigenvalue weighted by Crippen LogP contribution is 2.13. The van der Waals surface area contributed by atoms with Gasteiger partial charge < -0.3 is 10.6 Å². The molecule has 1 amide bonds. The number of carbonyl (C=O) groups is 1. The van der Waals surface area contributed by atoms with Gasteiger partial charge in [-0.1, -0.05) is 12.1 Å². The zero-order valence-electron chi connectivity index (χ0n) is 10.7. The van der Waals surface area contributed by atoms with Crippen molar-refractivity contribution >= 4 is 11.6 Å². The van der Waals surface area contributed by atoms with E-state index < -0.39 is 0 Å². The summed E-state index contributed by atoms with van der Waals surface area (Å²) in [6, 6.07) is 6.67. The van der Waals surface area contributed by atoms with E-state index in [1.54, 1.807) is 12.1 Å². The lowest BCUT2D eigenvalue weighted by Crippen LogP contribution is -3.12. The zero-order chi connectivity index (χ0) is 13.8. The number of hydrogen-bond donors (Lipinski definition) is 2. The summed E-state index contributed by atoms with van der Waals surface area (Å²) < 4.78 is 0. The molecule has 19 heavy (non-hydrogen) atoms. The Balaban J connectivity index is 2.02. The molecule has 2 rings (SSSR count). The van der Waals surface area contributed by atoms with E-state index in [4.69, 9.17) is 5.73 Å². The third-order valence-electron chi connectivity index (χ3n) is 3.60. The third kappa shape index (κ3) is 3.51. The molecule has 1 unspecified atom stereocenters. The SMILES string of the molecule is NC(=O)[C@H]1CCC[NH+](Cc2cccc([N+](=O)[O-])c2)C1. The molecular weight excluding hydrogens is 246 g/mol. The van der Waals surface area contributed by atoms with Crippen molar-refractivity contribution in [3.8, 4) is 0 Å². The molecule has 2 atom stereocenters. The topological polar surface area (TPSA) is 90.7 Å². The van der Waals surface area contributed by atoms with Gasteiger partial charge in [0.05, 0.1) is 23.9 Å². The predicted octanol–water partition coefficient (Wildman–Crippen LogP) is -0.125. The van der Waals surface area contributed by atoms with Gasteiger partial charge in [0.2, 0.25) is 5.91 Å². The first-order valence-corrected chi connectivity index (χ1v) is 6.42. The van der Waals surface area contributed by atoms with Crippen LogP contribution in [0.15, 0.2) is 24.3 Å². The first-order chi connectivity index (χ1) is 9.06. The van der Waals surface area contributed by atoms with Gasteiger partial charge in [-0.3, -0.25) is 14.9 Å². The summed E-state index contributed by atoms with van der Waals surface area (Å²) >= 11 is 0. The lowest BCUT2D eigenvalue weighted by Gasteiger charge is -2.28. The summed E-state index contributed by atoms with van der Waals surface area (Å²) in [5, 5.41) is 10.7. The number of nitrogens with zero attached hydrogens (tertiary/aromatic N) is 1. The van der Waals surface area contributed by atoms with Gasteiger partial charge in [0.15, 0.2) is 0 Å². The van der Waals surface area contributed by atoms with Gasteiger partial charge in [0.1, 0.15) is 6.54 Å². The number of quaternary nitrogens is 1. The number of carbonyl (C=O) groups excluding carboxylic acids is 1. The molecule has 0 radical (unpaired) electrons. The van der Waals surface area contributed by atoms with Gasteiger partial charge >= 0.3 is 0 Å². The van der Waals surface area contributed by atoms with E-state index >= 15 is 0 Å². The lowest BCUT2D eigenvalue weighted by atomic mass is 9.97. The molecule has 0 spiro atoms. The standard InChI is InChI=1S/C13H17N3O3/c14-13(17)11-4-2-6-15(9-11)8-10-3-1-5-12(7-10)16(18)19/h1,3,5,7,11H,2,4,6,8-9H2,(H2,14,17)/p+1/t11-/m0/s1. The van der Waals surface area contributed by atoms with Crippen LogP contribution in [0.3, 0.4) is 0 Å². The number of non-ortho nitro benzene ring substituents is 1. The van der Waals surface area contributed by atoms with Crippen molar-refractivity contribution in [2.75, 3.05) is 13.1 Å². The van der Waals surface area contributed by atoms with E-state index in [1.807, 2.05) is 6.07 Å². The van der Waals surface area contributed by atoms with E-state index in [-0.39, 0.29) is 22.4 Å². The molecule has 1 aromatic rings. The second kappa shape index (κ2) is 5.79. The Bertz CT molecular complexity index is 490. The highest BCUT2D eigenvalue weighted by atomic mass is 16.6. The van der Waals surface area contributed by atoms with Crippen LogP contribution >= 0.6 is 0 Å². The van der Waals surface area contributed by atoms with Crippen molar-refractivity contribution in [1.29, 1.82) is 0 Å². The third-order valence-corrected chi connectivity index (χ3v) is 3.60. The van der Waals surface area contributed by atoms with Crippen LogP contribution < -0.4 is 10.6 Å². The van der Waals surface area contributed by atoms with E-state index in [0.717, 1.165) is 31.5 Å². The number of benzene rings is 1. The summed E-state index contributed by atoms with van der Waals surface area (Å²) in [5.41, 5.74) is 6.38. The molecule has 1 heterocycles. The molecule has 1 aliphatic heterocycles. The van der Waals surface area contributed by atoms with Crippen LogP contribution in [0.5, 0.6) is 0 Å². The van der Waals surface area contributed by atoms with Gasteiger partial charge in [-0.15, -0.1) is 0 Å². The van der Waals surface area contributed by atoms with Gasteiger partial charge in [0.25, 0.3) is 5.69 Å². The molecule has 6 heteroatoms. The number of rotatable bonds is 4. The van der Waals surface area contributed by atoms with Crippen molar-refractivity contribution in [2.24, 2.45) is 11.7 Å². The monoisotopic (exact) mass is 264 g/mol. The molecule has 1 fully saturated rings. The number of nitrogens with one attached hydrogen (secondary N) is 1. The van der Waals surface area contributed by atoms with Crippen LogP contribution in [-0.4, -0.2) is 23.9 Å². The smallest absolute Gasteiger partial charge is 0.269 e. The van der Waals surface area contributed by atoms with Crippen LogP contribution in [0.25, 0.3) is 0 Å². The Hall–Kier alpha value is -1.95. The lowest BCUT2D eigenvalue weighted by molar-refractivity contribution is -0.921. The normalized spacial score (nSPS) is 22.9. The summed E-state index contributed by atoms with van der Waals surface area (Å²) in [5.74, 6) is -0.307. The Morgan fingerprint density at radius 3 is 3.00 bits per heavy atom. The second-order valence-corrected chi connectivity index (χ2v) is 5.05. The number of piperidine rings is 1. The number of nitro groups is 1. The Morgan fingerprint density at radius 1 is 1.53 bits per heavy atom. The van der Waals surface area contributed by atoms with E-state index in [9.17, 15) is 14.9 Å². The Morgan fingerprint density at radius 2 is 2.32 bits per heavy atom. The molecule has 102 valence electrons. The minimum absolute atomic E-state index is 0.0672. The minimum Gasteiger partial charge on any atom is -0.369 e. The first kappa shape index (κ1) is 13.5. The van der Waals surface area contributed by atoms with Gasteiger partial charge in [-0.05, 0) is 12.8 Å². The van der Waals surface area contributed by atoms with E-state index in [0.29, 0.717) is 6.54 Å². The van der Waals surface area contributed by atoms with Gasteiger partial charge in [-0.25, -0.2) is 0 Å². The van der Waals surface area contributed by atoms with Gasteiger partial charge in [0, 0.05) is 17.7 Å². The highest BCUT2D eigenvalue weighted by molar-refractivity contribution is 5.76. The number of primary amides is 1. The maximum atomic E-state index is 11.2. The number of hydrogen-bond acceptors (Lipinski definition) is 3. The molecule has 0 aromatic heterocycles. The second-order valence-electron chi connectivity index (χ2n) is 5.05. The minimum atomic E-state index is -0.388. The largest absolute Gasteiger partial charge is 0.369 e. The van der Waals surface area contributed by atoms with Gasteiger partial charge in [-0.2, -0.15) is 0 Å². The maximum Gasteiger partial charge on any atom is 0.269 e. The molecule has 0 bridgehead atoms. The number of nitro benzene ring substituents is 1. The Kier molecular flexibility index (Phi) is 4.11. The summed E-state index contributed by atoms with van der Waals surface area (Å²) in [6.07, 6.45) is 1.83. The summed E-state index contributed by atoms with van der Waals surface area (Å²) in [7, 11) is 0. The molecule has 6 nitrogen and oxygen atoms in total. The molecule has 1 aromatic carbocycles. The van der Waals surface area contributed by atoms with Crippen molar-refractivity contribution in [3.63, 3.8) is 0 Å². The van der Waals surface area contributed by atoms with E-state index in [1.165, 1.54) is 11.0 Å². The average Bonchev–Trinajstić information content (AvgIpc) is 2.39. The Labute approximate surface area is 111 Å². The van der Waals surface area contributed by atoms with Crippen LogP contribution in [0.2, 0.25) is 0 Å². The van der Waals surface area contributed by atoms with E-state index in [2.05, 4.69) is 0 Å². The van der Waals surface area contributed by atoms with Crippen LogP contribution in [-0.2, 0) is 11.3 Å². The zero-order valence-corrected chi connectivity index (χ0v) is 10.7. The van der Waals surface area contributed by atoms with Crippen LogP contribution in [0.1, 0.15) is 18.4 Å². The summed E-state index contributed by atoms with van der Waals surface area (Å²) in [4.78, 5) is 22.8. The quantitative estimate of drug-likeness (QED) is 0.586. The number of amides is 1. The van der Waals surface area contributed by atoms with Crippen molar-refractivity contribution < 1.29 is 14.6 Å². The highest BCUT2D eigenvalue weighted by Gasteiger charge is 2.27. The predicted molar refractivity (Wildman–Crippen MR) is 69.4 cm³/mol. The fourth-order valence-electron chi connectivity index (χ4n) is 2.62. The molecule has 0 saturated carbocycles. The molecule has 3 N–H and O–H groups in total. The molecule has 0 aliphatic carbocycles.